The summed E-state index contributed by atoms with van der Waals surface area (Å²) >= 11 is 0. The Morgan fingerprint density at radius 1 is 0.531 bits per heavy atom. The molecule has 0 aliphatic carbocycles. The van der Waals surface area contributed by atoms with Gasteiger partial charge in [0.05, 0.1) is 95.5 Å². The number of anilines is 2. The Kier molecular flexibility index (Phi) is 12.3. The molecule has 0 fully saturated rings. The number of nitrogens with one attached hydrogen (secondary N) is 2. The van der Waals surface area contributed by atoms with Gasteiger partial charge in [-0.05, 0) is 35.4 Å². The van der Waals surface area contributed by atoms with Crippen molar-refractivity contribution in [2.45, 2.75) is 21.3 Å². The van der Waals surface area contributed by atoms with Crippen LogP contribution < -0.4 is 48.7 Å². The molecule has 49 heavy (non-hydrogen) atoms. The Morgan fingerprint density at radius 3 is 1.37 bits per heavy atom. The van der Waals surface area contributed by atoms with Crippen molar-refractivity contribution in [1.29, 1.82) is 0 Å². The maximum Gasteiger partial charge on any atom is 0.203 e. The molecular formula is C34H40N2O11S2. The molecule has 4 aromatic rings. The van der Waals surface area contributed by atoms with Gasteiger partial charge in [0, 0.05) is 29.2 Å². The summed E-state index contributed by atoms with van der Waals surface area (Å²) in [5.41, 5.74) is 8.45. The number of sulfone groups is 1. The molecule has 0 aliphatic heterocycles. The van der Waals surface area contributed by atoms with E-state index in [-0.39, 0.29) is 33.6 Å². The Hall–Kier alpha value is -5.02. The highest BCUT2D eigenvalue weighted by Gasteiger charge is 2.23. The average Bonchev–Trinajstić information content (AvgIpc) is 3.12. The topological polar surface area (TPSA) is 149 Å². The minimum Gasteiger partial charge on any atom is -0.495 e. The fourth-order valence-corrected chi connectivity index (χ4v) is 7.47. The van der Waals surface area contributed by atoms with Crippen LogP contribution in [0, 0.1) is 0 Å². The number of methoxy groups -OCH3 is 8. The van der Waals surface area contributed by atoms with Crippen molar-refractivity contribution in [3.63, 3.8) is 0 Å². The quantitative estimate of drug-likeness (QED) is 0.133. The Bertz CT molecular complexity index is 1870. The molecule has 0 bridgehead atoms. The highest BCUT2D eigenvalue weighted by molar-refractivity contribution is 7.90. The molecule has 0 saturated heterocycles. The van der Waals surface area contributed by atoms with Crippen LogP contribution in [0.3, 0.4) is 0 Å². The first kappa shape index (κ1) is 36.8. The van der Waals surface area contributed by atoms with Crippen LogP contribution in [0.5, 0.6) is 46.0 Å². The minimum atomic E-state index is -3.85. The average molecular weight is 717 g/mol. The summed E-state index contributed by atoms with van der Waals surface area (Å²) in [5, 5.41) is 0. The number of hydrogen-bond acceptors (Lipinski definition) is 13. The second kappa shape index (κ2) is 16.4. The van der Waals surface area contributed by atoms with E-state index in [1.54, 1.807) is 42.5 Å². The van der Waals surface area contributed by atoms with Gasteiger partial charge in [-0.2, -0.15) is 0 Å². The van der Waals surface area contributed by atoms with E-state index < -0.39 is 20.6 Å². The van der Waals surface area contributed by atoms with Gasteiger partial charge in [-0.1, -0.05) is 12.1 Å². The van der Waals surface area contributed by atoms with Gasteiger partial charge in [-0.25, -0.2) is 8.42 Å². The molecule has 4 aromatic carbocycles. The molecule has 0 saturated carbocycles. The zero-order valence-corrected chi connectivity index (χ0v) is 30.1. The molecule has 0 radical (unpaired) electrons. The lowest BCUT2D eigenvalue weighted by atomic mass is 10.2. The number of benzene rings is 4. The van der Waals surface area contributed by atoms with Crippen LogP contribution in [0.4, 0.5) is 11.4 Å². The summed E-state index contributed by atoms with van der Waals surface area (Å²) < 4.78 is 83.8. The van der Waals surface area contributed by atoms with Crippen molar-refractivity contribution in [3.05, 3.63) is 71.8 Å². The molecule has 4 rings (SSSR count). The smallest absolute Gasteiger partial charge is 0.203 e. The molecule has 0 spiro atoms. The number of rotatable bonds is 17. The van der Waals surface area contributed by atoms with E-state index in [0.717, 1.165) is 5.56 Å². The van der Waals surface area contributed by atoms with Crippen molar-refractivity contribution in [2.24, 2.45) is 0 Å². The Labute approximate surface area is 288 Å². The van der Waals surface area contributed by atoms with Gasteiger partial charge in [0.1, 0.15) is 11.5 Å². The van der Waals surface area contributed by atoms with E-state index in [0.29, 0.717) is 50.6 Å². The summed E-state index contributed by atoms with van der Waals surface area (Å²) in [7, 11) is 6.50. The highest BCUT2D eigenvalue weighted by Crippen LogP contribution is 2.41. The molecule has 2 N–H and O–H groups in total. The largest absolute Gasteiger partial charge is 0.495 e. The van der Waals surface area contributed by atoms with E-state index in [1.165, 1.54) is 69.0 Å². The van der Waals surface area contributed by atoms with E-state index in [4.69, 9.17) is 37.9 Å². The fraction of sp³-hybridized carbons (Fsp3) is 0.294. The Morgan fingerprint density at radius 2 is 0.939 bits per heavy atom. The third-order valence-electron chi connectivity index (χ3n) is 7.41. The Balaban J connectivity index is 1.57. The van der Waals surface area contributed by atoms with Gasteiger partial charge in [0.15, 0.2) is 32.8 Å². The first-order chi connectivity index (χ1) is 23.5. The summed E-state index contributed by atoms with van der Waals surface area (Å²) in [6, 6.07) is 16.5. The molecule has 264 valence electrons. The van der Waals surface area contributed by atoms with Crippen LogP contribution >= 0.6 is 0 Å². The van der Waals surface area contributed by atoms with Crippen LogP contribution in [-0.2, 0) is 32.1 Å². The van der Waals surface area contributed by atoms with Gasteiger partial charge >= 0.3 is 0 Å². The third-order valence-corrected chi connectivity index (χ3v) is 10.4. The van der Waals surface area contributed by atoms with Crippen molar-refractivity contribution < 1.29 is 50.5 Å². The fourth-order valence-electron chi connectivity index (χ4n) is 4.98. The van der Waals surface area contributed by atoms with Crippen molar-refractivity contribution >= 4 is 32.0 Å². The molecular weight excluding hydrogens is 677 g/mol. The van der Waals surface area contributed by atoms with E-state index in [1.807, 2.05) is 6.07 Å². The number of hydrazine groups is 1. The molecule has 1 unspecified atom stereocenters. The van der Waals surface area contributed by atoms with E-state index in [9.17, 15) is 12.6 Å². The van der Waals surface area contributed by atoms with Crippen LogP contribution in [0.15, 0.2) is 70.5 Å². The van der Waals surface area contributed by atoms with Crippen molar-refractivity contribution in [2.75, 3.05) is 67.7 Å². The summed E-state index contributed by atoms with van der Waals surface area (Å²) in [6.45, 7) is 0. The number of hydrogen-bond donors (Lipinski definition) is 2. The summed E-state index contributed by atoms with van der Waals surface area (Å²) in [5.74, 6) is 2.78. The first-order valence-corrected chi connectivity index (χ1v) is 17.6. The minimum absolute atomic E-state index is 0.0101. The second-order valence-electron chi connectivity index (χ2n) is 10.3. The lowest BCUT2D eigenvalue weighted by Crippen LogP contribution is -2.12. The van der Waals surface area contributed by atoms with Crippen LogP contribution in [0.1, 0.15) is 11.1 Å². The molecule has 13 nitrogen and oxygen atoms in total. The van der Waals surface area contributed by atoms with Crippen LogP contribution in [0.25, 0.3) is 0 Å². The third kappa shape index (κ3) is 8.35. The second-order valence-corrected chi connectivity index (χ2v) is 13.7. The molecule has 0 heterocycles. The van der Waals surface area contributed by atoms with Gasteiger partial charge in [0.2, 0.25) is 11.5 Å². The van der Waals surface area contributed by atoms with E-state index >= 15 is 0 Å². The highest BCUT2D eigenvalue weighted by atomic mass is 32.2. The van der Waals surface area contributed by atoms with Crippen LogP contribution in [0.2, 0.25) is 0 Å². The van der Waals surface area contributed by atoms with Crippen molar-refractivity contribution in [3.8, 4) is 46.0 Å². The van der Waals surface area contributed by atoms with Gasteiger partial charge < -0.3 is 37.9 Å². The number of ether oxygens (including phenoxy) is 8. The van der Waals surface area contributed by atoms with Crippen LogP contribution in [-0.4, -0.2) is 69.5 Å². The maximum atomic E-state index is 13.5. The van der Waals surface area contributed by atoms with Gasteiger partial charge in [-0.3, -0.25) is 15.1 Å². The lowest BCUT2D eigenvalue weighted by molar-refractivity contribution is 0.323. The van der Waals surface area contributed by atoms with Crippen molar-refractivity contribution in [1.82, 2.24) is 0 Å². The summed E-state index contributed by atoms with van der Waals surface area (Å²) in [6.07, 6.45) is 0. The monoisotopic (exact) mass is 716 g/mol. The molecule has 0 aliphatic rings. The molecule has 15 heteroatoms. The molecule has 0 aromatic heterocycles. The normalized spacial score (nSPS) is 11.6. The van der Waals surface area contributed by atoms with E-state index in [2.05, 4.69) is 10.9 Å². The standard InChI is InChI=1S/C34H40N2O11S2/c1-40-27-11-9-21(19-48(37)23-15-29(42-3)33(46-7)30(16-23)43-4)13-25(27)35-36-26-14-22(10-12-28(26)41-2)20-49(38,39)24-17-31(44-5)34(47-8)32(18-24)45-6/h9-18,35-36H,19-20H2,1-8H3. The first-order valence-electron chi connectivity index (χ1n) is 14.6. The maximum absolute atomic E-state index is 13.5. The zero-order valence-electron chi connectivity index (χ0n) is 28.5. The van der Waals surface area contributed by atoms with Gasteiger partial charge in [-0.15, -0.1) is 0 Å². The predicted octanol–water partition coefficient (Wildman–Crippen LogP) is 5.48. The lowest BCUT2D eigenvalue weighted by Gasteiger charge is -2.18. The molecule has 0 amide bonds. The zero-order chi connectivity index (χ0) is 35.7. The molecule has 1 atom stereocenters. The summed E-state index contributed by atoms with van der Waals surface area (Å²) in [4.78, 5) is 0.511. The van der Waals surface area contributed by atoms with Gasteiger partial charge in [0.25, 0.3) is 0 Å². The SMILES string of the molecule is COc1ccc(CS(=O)c2cc(OC)c(OC)c(OC)c2)cc1NNc1cc(CS(=O)(=O)c2cc(OC)c(OC)c(OC)c2)ccc1OC. The predicted molar refractivity (Wildman–Crippen MR) is 186 cm³/mol.